The van der Waals surface area contributed by atoms with Crippen molar-refractivity contribution in [2.24, 2.45) is 0 Å². The molecular formula is C19H19ClF3NO4. The summed E-state index contributed by atoms with van der Waals surface area (Å²) in [5, 5.41) is 12.5. The Bertz CT molecular complexity index is 842. The first-order valence-corrected chi connectivity index (χ1v) is 8.60. The number of hydrogen-bond donors (Lipinski definition) is 2. The van der Waals surface area contributed by atoms with Gasteiger partial charge in [0.2, 0.25) is 5.91 Å². The van der Waals surface area contributed by atoms with Gasteiger partial charge in [-0.2, -0.15) is 13.2 Å². The summed E-state index contributed by atoms with van der Waals surface area (Å²) in [6, 6.07) is 7.90. The minimum atomic E-state index is -4.66. The Hall–Kier alpha value is -2.45. The Morgan fingerprint density at radius 2 is 1.89 bits per heavy atom. The van der Waals surface area contributed by atoms with E-state index in [-0.39, 0.29) is 17.9 Å². The van der Waals surface area contributed by atoms with Crippen LogP contribution in [0.25, 0.3) is 0 Å². The number of rotatable bonds is 7. The van der Waals surface area contributed by atoms with E-state index in [1.165, 1.54) is 20.3 Å². The molecule has 2 N–H and O–H groups in total. The topological polar surface area (TPSA) is 67.8 Å². The second-order valence-corrected chi connectivity index (χ2v) is 6.33. The Balaban J connectivity index is 2.05. The zero-order valence-corrected chi connectivity index (χ0v) is 15.9. The molecule has 0 aliphatic carbocycles. The summed E-state index contributed by atoms with van der Waals surface area (Å²) in [7, 11) is 2.91. The number of carbonyl (C=O) groups is 1. The van der Waals surface area contributed by atoms with Crippen LogP contribution >= 0.6 is 11.6 Å². The van der Waals surface area contributed by atoms with Crippen LogP contribution in [0.5, 0.6) is 11.5 Å². The summed E-state index contributed by atoms with van der Waals surface area (Å²) in [6.07, 6.45) is -5.91. The molecule has 2 aromatic rings. The molecule has 1 atom stereocenters. The standard InChI is InChI=1S/C19H19ClF3NO4/c1-27-12-4-5-13(17(10-12)28-2)16(25)7-8-18(26)24-15-6-3-11(20)9-14(15)19(21,22)23/h3-6,9-10,16,25H,7-8H2,1-2H3,(H,24,26). The van der Waals surface area contributed by atoms with Gasteiger partial charge in [0.1, 0.15) is 11.5 Å². The fraction of sp³-hybridized carbons (Fsp3) is 0.316. The SMILES string of the molecule is COc1ccc(C(O)CCC(=O)Nc2ccc(Cl)cc2C(F)(F)F)c(OC)c1. The smallest absolute Gasteiger partial charge is 0.418 e. The molecule has 28 heavy (non-hydrogen) atoms. The van der Waals surface area contributed by atoms with Crippen molar-refractivity contribution < 1.29 is 32.5 Å². The molecule has 1 amide bonds. The zero-order valence-electron chi connectivity index (χ0n) is 15.1. The van der Waals surface area contributed by atoms with Gasteiger partial charge in [0.15, 0.2) is 0 Å². The van der Waals surface area contributed by atoms with E-state index in [1.807, 2.05) is 0 Å². The number of nitrogens with one attached hydrogen (secondary N) is 1. The summed E-state index contributed by atoms with van der Waals surface area (Å²) in [5.41, 5.74) is -0.984. The molecule has 9 heteroatoms. The fourth-order valence-corrected chi connectivity index (χ4v) is 2.76. The first kappa shape index (κ1) is 21.8. The van der Waals surface area contributed by atoms with Gasteiger partial charge in [0.05, 0.1) is 31.6 Å². The van der Waals surface area contributed by atoms with E-state index >= 15 is 0 Å². The van der Waals surface area contributed by atoms with E-state index in [9.17, 15) is 23.1 Å². The lowest BCUT2D eigenvalue weighted by atomic mass is 10.0. The van der Waals surface area contributed by atoms with E-state index in [4.69, 9.17) is 21.1 Å². The number of methoxy groups -OCH3 is 2. The van der Waals surface area contributed by atoms with Crippen molar-refractivity contribution >= 4 is 23.2 Å². The molecule has 0 heterocycles. The van der Waals surface area contributed by atoms with Crippen LogP contribution in [-0.2, 0) is 11.0 Å². The Labute approximate surface area is 165 Å². The number of aliphatic hydroxyl groups excluding tert-OH is 1. The lowest BCUT2D eigenvalue weighted by Crippen LogP contribution is -2.17. The lowest BCUT2D eigenvalue weighted by molar-refractivity contribution is -0.137. The highest BCUT2D eigenvalue weighted by molar-refractivity contribution is 6.30. The minimum Gasteiger partial charge on any atom is -0.497 e. The predicted octanol–water partition coefficient (Wildman–Crippen LogP) is 4.83. The molecule has 5 nitrogen and oxygen atoms in total. The molecule has 2 aromatic carbocycles. The molecule has 2 rings (SSSR count). The molecule has 0 spiro atoms. The van der Waals surface area contributed by atoms with Crippen LogP contribution in [0.4, 0.5) is 18.9 Å². The molecule has 0 fully saturated rings. The number of benzene rings is 2. The fourth-order valence-electron chi connectivity index (χ4n) is 2.59. The second kappa shape index (κ2) is 9.16. The van der Waals surface area contributed by atoms with E-state index in [0.29, 0.717) is 17.1 Å². The van der Waals surface area contributed by atoms with Crippen LogP contribution in [0, 0.1) is 0 Å². The summed E-state index contributed by atoms with van der Waals surface area (Å²) in [6.45, 7) is 0. The highest BCUT2D eigenvalue weighted by Crippen LogP contribution is 2.37. The first-order chi connectivity index (χ1) is 13.2. The Morgan fingerprint density at radius 3 is 2.50 bits per heavy atom. The summed E-state index contributed by atoms with van der Waals surface area (Å²) < 4.78 is 49.5. The minimum absolute atomic E-state index is 0.0105. The monoisotopic (exact) mass is 417 g/mol. The van der Waals surface area contributed by atoms with Gasteiger partial charge in [0.25, 0.3) is 0 Å². The van der Waals surface area contributed by atoms with Gasteiger partial charge >= 0.3 is 6.18 Å². The van der Waals surface area contributed by atoms with Crippen LogP contribution in [0.15, 0.2) is 36.4 Å². The van der Waals surface area contributed by atoms with E-state index in [1.54, 1.807) is 18.2 Å². The number of halogens is 4. The number of carbonyl (C=O) groups excluding carboxylic acids is 1. The van der Waals surface area contributed by atoms with Crippen molar-refractivity contribution in [3.8, 4) is 11.5 Å². The van der Waals surface area contributed by atoms with Crippen molar-refractivity contribution in [2.45, 2.75) is 25.1 Å². The first-order valence-electron chi connectivity index (χ1n) is 8.22. The zero-order chi connectivity index (χ0) is 20.9. The van der Waals surface area contributed by atoms with E-state index in [2.05, 4.69) is 5.32 Å². The average molecular weight is 418 g/mol. The van der Waals surface area contributed by atoms with Gasteiger partial charge in [-0.15, -0.1) is 0 Å². The van der Waals surface area contributed by atoms with Crippen molar-refractivity contribution in [1.82, 2.24) is 0 Å². The Morgan fingerprint density at radius 1 is 1.18 bits per heavy atom. The third-order valence-corrected chi connectivity index (χ3v) is 4.24. The van der Waals surface area contributed by atoms with Crippen LogP contribution < -0.4 is 14.8 Å². The summed E-state index contributed by atoms with van der Waals surface area (Å²) in [4.78, 5) is 12.1. The van der Waals surface area contributed by atoms with Gasteiger partial charge < -0.3 is 19.9 Å². The second-order valence-electron chi connectivity index (χ2n) is 5.90. The van der Waals surface area contributed by atoms with Gasteiger partial charge in [-0.05, 0) is 36.8 Å². The van der Waals surface area contributed by atoms with Crippen LogP contribution in [0.2, 0.25) is 5.02 Å². The van der Waals surface area contributed by atoms with Crippen molar-refractivity contribution in [2.75, 3.05) is 19.5 Å². The van der Waals surface area contributed by atoms with Crippen molar-refractivity contribution in [3.05, 3.63) is 52.5 Å². The number of ether oxygens (including phenoxy) is 2. The maximum atomic E-state index is 13.1. The molecule has 0 saturated carbocycles. The maximum absolute atomic E-state index is 13.1. The largest absolute Gasteiger partial charge is 0.497 e. The molecule has 1 unspecified atom stereocenters. The van der Waals surface area contributed by atoms with Gasteiger partial charge in [-0.1, -0.05) is 11.6 Å². The number of aliphatic hydroxyl groups is 1. The number of amides is 1. The molecular weight excluding hydrogens is 399 g/mol. The summed E-state index contributed by atoms with van der Waals surface area (Å²) >= 11 is 5.61. The third kappa shape index (κ3) is 5.53. The summed E-state index contributed by atoms with van der Waals surface area (Å²) in [5.74, 6) is 0.247. The molecule has 0 bridgehead atoms. The molecule has 0 aliphatic heterocycles. The maximum Gasteiger partial charge on any atom is 0.418 e. The molecule has 0 aromatic heterocycles. The number of anilines is 1. The number of alkyl halides is 3. The molecule has 152 valence electrons. The molecule has 0 radical (unpaired) electrons. The average Bonchev–Trinajstić information content (AvgIpc) is 2.66. The quantitative estimate of drug-likeness (QED) is 0.677. The molecule has 0 aliphatic rings. The van der Waals surface area contributed by atoms with Crippen molar-refractivity contribution in [1.29, 1.82) is 0 Å². The van der Waals surface area contributed by atoms with E-state index < -0.39 is 29.4 Å². The van der Waals surface area contributed by atoms with E-state index in [0.717, 1.165) is 12.1 Å². The van der Waals surface area contributed by atoms with Gasteiger partial charge in [0, 0.05) is 23.1 Å². The third-order valence-electron chi connectivity index (χ3n) is 4.01. The molecule has 0 saturated heterocycles. The van der Waals surface area contributed by atoms with Crippen LogP contribution in [-0.4, -0.2) is 25.2 Å². The van der Waals surface area contributed by atoms with Crippen LogP contribution in [0.3, 0.4) is 0 Å². The normalized spacial score (nSPS) is 12.4. The van der Waals surface area contributed by atoms with Crippen LogP contribution in [0.1, 0.15) is 30.1 Å². The van der Waals surface area contributed by atoms with Gasteiger partial charge in [-0.3, -0.25) is 4.79 Å². The van der Waals surface area contributed by atoms with Gasteiger partial charge in [-0.25, -0.2) is 0 Å². The number of hydrogen-bond acceptors (Lipinski definition) is 4. The predicted molar refractivity (Wildman–Crippen MR) is 98.8 cm³/mol. The highest BCUT2D eigenvalue weighted by Gasteiger charge is 2.34. The Kier molecular flexibility index (Phi) is 7.15. The van der Waals surface area contributed by atoms with Crippen molar-refractivity contribution in [3.63, 3.8) is 0 Å². The lowest BCUT2D eigenvalue weighted by Gasteiger charge is -2.17. The highest BCUT2D eigenvalue weighted by atomic mass is 35.5.